The Kier molecular flexibility index (Phi) is 5.59. The summed E-state index contributed by atoms with van der Waals surface area (Å²) in [7, 11) is 3.51. The van der Waals surface area contributed by atoms with Gasteiger partial charge < -0.3 is 19.9 Å². The summed E-state index contributed by atoms with van der Waals surface area (Å²) in [5.41, 5.74) is 1.07. The summed E-state index contributed by atoms with van der Waals surface area (Å²) in [5.74, 6) is 1.49. The fourth-order valence-electron chi connectivity index (χ4n) is 1.86. The lowest BCUT2D eigenvalue weighted by Crippen LogP contribution is -2.31. The molecule has 114 valence electrons. The molecule has 21 heavy (non-hydrogen) atoms. The van der Waals surface area contributed by atoms with Crippen LogP contribution in [0.3, 0.4) is 0 Å². The van der Waals surface area contributed by atoms with E-state index in [1.165, 1.54) is 0 Å². The van der Waals surface area contributed by atoms with Crippen molar-refractivity contribution in [1.82, 2.24) is 15.1 Å². The summed E-state index contributed by atoms with van der Waals surface area (Å²) in [6, 6.07) is 9.21. The number of aromatic nitrogens is 2. The van der Waals surface area contributed by atoms with Crippen molar-refractivity contribution in [3.8, 4) is 11.5 Å². The summed E-state index contributed by atoms with van der Waals surface area (Å²) >= 11 is 0. The maximum Gasteiger partial charge on any atom is 0.119 e. The third kappa shape index (κ3) is 4.77. The highest BCUT2D eigenvalue weighted by atomic mass is 16.5. The third-order valence-corrected chi connectivity index (χ3v) is 3.11. The average Bonchev–Trinajstić information content (AvgIpc) is 2.91. The highest BCUT2D eigenvalue weighted by Crippen LogP contribution is 2.16. The van der Waals surface area contributed by atoms with E-state index < -0.39 is 6.10 Å². The highest BCUT2D eigenvalue weighted by molar-refractivity contribution is 5.31. The van der Waals surface area contributed by atoms with Crippen molar-refractivity contribution in [2.24, 2.45) is 7.05 Å². The maximum atomic E-state index is 9.87. The van der Waals surface area contributed by atoms with E-state index in [-0.39, 0.29) is 6.61 Å². The predicted molar refractivity (Wildman–Crippen MR) is 79.4 cm³/mol. The molecule has 1 aromatic heterocycles. The van der Waals surface area contributed by atoms with Gasteiger partial charge in [0.15, 0.2) is 0 Å². The lowest BCUT2D eigenvalue weighted by Gasteiger charge is -2.13. The van der Waals surface area contributed by atoms with Crippen LogP contribution in [0.1, 0.15) is 5.69 Å². The molecule has 1 unspecified atom stereocenters. The van der Waals surface area contributed by atoms with Crippen LogP contribution >= 0.6 is 0 Å². The summed E-state index contributed by atoms with van der Waals surface area (Å²) in [5, 5.41) is 17.1. The van der Waals surface area contributed by atoms with Crippen LogP contribution in [0, 0.1) is 0 Å². The van der Waals surface area contributed by atoms with Crippen molar-refractivity contribution >= 4 is 0 Å². The lowest BCUT2D eigenvalue weighted by atomic mass is 10.3. The summed E-state index contributed by atoms with van der Waals surface area (Å²) in [6.07, 6.45) is 1.18. The average molecular weight is 291 g/mol. The molecule has 0 saturated heterocycles. The second kappa shape index (κ2) is 7.66. The number of benzene rings is 1. The molecule has 1 aromatic carbocycles. The van der Waals surface area contributed by atoms with Gasteiger partial charge in [-0.25, -0.2) is 0 Å². The molecule has 0 spiro atoms. The third-order valence-electron chi connectivity index (χ3n) is 3.11. The smallest absolute Gasteiger partial charge is 0.119 e. The minimum atomic E-state index is -0.569. The van der Waals surface area contributed by atoms with Gasteiger partial charge >= 0.3 is 0 Å². The number of nitrogens with one attached hydrogen (secondary N) is 1. The lowest BCUT2D eigenvalue weighted by molar-refractivity contribution is 0.106. The van der Waals surface area contributed by atoms with Crippen LogP contribution in [0.2, 0.25) is 0 Å². The van der Waals surface area contributed by atoms with Gasteiger partial charge in [0.05, 0.1) is 12.8 Å². The van der Waals surface area contributed by atoms with Crippen LogP contribution < -0.4 is 14.8 Å². The fourth-order valence-corrected chi connectivity index (χ4v) is 1.86. The van der Waals surface area contributed by atoms with Crippen LogP contribution in [0.25, 0.3) is 0 Å². The maximum absolute atomic E-state index is 9.87. The van der Waals surface area contributed by atoms with Crippen molar-refractivity contribution < 1.29 is 14.6 Å². The quantitative estimate of drug-likeness (QED) is 0.758. The van der Waals surface area contributed by atoms with Crippen LogP contribution in [-0.2, 0) is 13.6 Å². The van der Waals surface area contributed by atoms with E-state index >= 15 is 0 Å². The van der Waals surface area contributed by atoms with Gasteiger partial charge in [-0.15, -0.1) is 0 Å². The van der Waals surface area contributed by atoms with Crippen molar-refractivity contribution in [3.63, 3.8) is 0 Å². The molecular weight excluding hydrogens is 270 g/mol. The molecular formula is C15H21N3O3. The Balaban J connectivity index is 1.67. The monoisotopic (exact) mass is 291 g/mol. The molecule has 0 aliphatic rings. The number of aliphatic hydroxyl groups is 1. The number of rotatable bonds is 8. The fraction of sp³-hybridized carbons (Fsp3) is 0.400. The molecule has 0 aliphatic carbocycles. The predicted octanol–water partition coefficient (Wildman–Crippen LogP) is 0.958. The summed E-state index contributed by atoms with van der Waals surface area (Å²) in [4.78, 5) is 0. The minimum Gasteiger partial charge on any atom is -0.497 e. The number of aryl methyl sites for hydroxylation is 1. The van der Waals surface area contributed by atoms with E-state index in [4.69, 9.17) is 9.47 Å². The molecule has 2 aromatic rings. The molecule has 0 radical (unpaired) electrons. The summed E-state index contributed by atoms with van der Waals surface area (Å²) < 4.78 is 12.4. The Bertz CT molecular complexity index is 539. The normalized spacial score (nSPS) is 12.1. The molecule has 6 heteroatoms. The van der Waals surface area contributed by atoms with Crippen molar-refractivity contribution in [1.29, 1.82) is 0 Å². The van der Waals surface area contributed by atoms with Gasteiger partial charge in [0, 0.05) is 26.3 Å². The van der Waals surface area contributed by atoms with Gasteiger partial charge in [0.25, 0.3) is 0 Å². The standard InChI is InChI=1S/C15H21N3O3/c1-18-12(7-8-17-18)9-16-10-13(19)11-21-15-5-3-14(20-2)4-6-15/h3-8,13,16,19H,9-11H2,1-2H3. The first-order valence-electron chi connectivity index (χ1n) is 6.81. The van der Waals surface area contributed by atoms with E-state index in [1.54, 1.807) is 18.0 Å². The molecule has 1 atom stereocenters. The molecule has 2 N–H and O–H groups in total. The van der Waals surface area contributed by atoms with Crippen molar-refractivity contribution in [3.05, 3.63) is 42.2 Å². The first kappa shape index (κ1) is 15.3. The second-order valence-corrected chi connectivity index (χ2v) is 4.72. The molecule has 6 nitrogen and oxygen atoms in total. The van der Waals surface area contributed by atoms with Gasteiger partial charge in [-0.2, -0.15) is 5.10 Å². The number of hydrogen-bond donors (Lipinski definition) is 2. The van der Waals surface area contributed by atoms with Gasteiger partial charge in [-0.05, 0) is 30.3 Å². The van der Waals surface area contributed by atoms with E-state index in [0.717, 1.165) is 11.4 Å². The van der Waals surface area contributed by atoms with E-state index in [0.29, 0.717) is 18.8 Å². The molecule has 0 saturated carbocycles. The van der Waals surface area contributed by atoms with Gasteiger partial charge in [0.1, 0.15) is 24.2 Å². The molecule has 0 fully saturated rings. The van der Waals surface area contributed by atoms with Crippen LogP contribution in [0.15, 0.2) is 36.5 Å². The summed E-state index contributed by atoms with van der Waals surface area (Å²) in [6.45, 7) is 1.36. The van der Waals surface area contributed by atoms with E-state index in [1.807, 2.05) is 37.4 Å². The zero-order chi connectivity index (χ0) is 15.1. The molecule has 1 heterocycles. The number of nitrogens with zero attached hydrogens (tertiary/aromatic N) is 2. The Hall–Kier alpha value is -2.05. The number of methoxy groups -OCH3 is 1. The van der Waals surface area contributed by atoms with Crippen molar-refractivity contribution in [2.45, 2.75) is 12.6 Å². The molecule has 2 rings (SSSR count). The first-order chi connectivity index (χ1) is 10.2. The SMILES string of the molecule is COc1ccc(OCC(O)CNCc2ccnn2C)cc1. The Morgan fingerprint density at radius 1 is 1.24 bits per heavy atom. The topological polar surface area (TPSA) is 68.5 Å². The number of ether oxygens (including phenoxy) is 2. The second-order valence-electron chi connectivity index (χ2n) is 4.72. The van der Waals surface area contributed by atoms with Crippen molar-refractivity contribution in [2.75, 3.05) is 20.3 Å². The van der Waals surface area contributed by atoms with Gasteiger partial charge in [0.2, 0.25) is 0 Å². The molecule has 0 aliphatic heterocycles. The van der Waals surface area contributed by atoms with Crippen LogP contribution in [0.4, 0.5) is 0 Å². The first-order valence-corrected chi connectivity index (χ1v) is 6.81. The molecule has 0 bridgehead atoms. The van der Waals surface area contributed by atoms with Crippen LogP contribution in [-0.4, -0.2) is 41.3 Å². The zero-order valence-electron chi connectivity index (χ0n) is 12.3. The van der Waals surface area contributed by atoms with E-state index in [9.17, 15) is 5.11 Å². The zero-order valence-corrected chi connectivity index (χ0v) is 12.3. The van der Waals surface area contributed by atoms with E-state index in [2.05, 4.69) is 10.4 Å². The minimum absolute atomic E-state index is 0.241. The highest BCUT2D eigenvalue weighted by Gasteiger charge is 2.06. The van der Waals surface area contributed by atoms with Gasteiger partial charge in [-0.3, -0.25) is 4.68 Å². The molecule has 0 amide bonds. The number of hydrogen-bond acceptors (Lipinski definition) is 5. The Morgan fingerprint density at radius 2 is 1.95 bits per heavy atom. The number of aliphatic hydroxyl groups excluding tert-OH is 1. The largest absolute Gasteiger partial charge is 0.497 e. The Morgan fingerprint density at radius 3 is 2.57 bits per heavy atom. The van der Waals surface area contributed by atoms with Gasteiger partial charge in [-0.1, -0.05) is 0 Å². The van der Waals surface area contributed by atoms with Crippen LogP contribution in [0.5, 0.6) is 11.5 Å². The Labute approximate surface area is 124 Å².